The summed E-state index contributed by atoms with van der Waals surface area (Å²) < 4.78 is 6.38. The van der Waals surface area contributed by atoms with Gasteiger partial charge in [0.25, 0.3) is 0 Å². The Labute approximate surface area is 138 Å². The van der Waals surface area contributed by atoms with Crippen LogP contribution in [0.15, 0.2) is 40.9 Å². The molecule has 2 aromatic rings. The van der Waals surface area contributed by atoms with Gasteiger partial charge in [-0.1, -0.05) is 39.7 Å². The summed E-state index contributed by atoms with van der Waals surface area (Å²) in [7, 11) is 1.66. The molecule has 0 atom stereocenters. The first-order chi connectivity index (χ1) is 10.0. The number of carbonyl (C=O) groups is 1. The molecule has 0 unspecified atom stereocenters. The monoisotopic (exact) mass is 366 g/mol. The molecule has 0 saturated carbocycles. The summed E-state index contributed by atoms with van der Waals surface area (Å²) in [4.78, 5) is 11.7. The molecule has 0 fully saturated rings. The number of aryl methyl sites for hydroxylation is 1. The molecule has 21 heavy (non-hydrogen) atoms. The number of Topliss-reactive ketones (excluding diaryl/α,β-unsaturated/α-hetero) is 1. The molecule has 0 amide bonds. The summed E-state index contributed by atoms with van der Waals surface area (Å²) in [5, 5.41) is 0.636. The van der Waals surface area contributed by atoms with E-state index in [0.717, 1.165) is 27.8 Å². The van der Waals surface area contributed by atoms with Gasteiger partial charge in [-0.15, -0.1) is 0 Å². The maximum atomic E-state index is 11.7. The van der Waals surface area contributed by atoms with Crippen molar-refractivity contribution in [2.24, 2.45) is 0 Å². The Morgan fingerprint density at radius 1 is 1.24 bits per heavy atom. The third-order valence-electron chi connectivity index (χ3n) is 3.38. The number of benzene rings is 2. The van der Waals surface area contributed by atoms with Gasteiger partial charge in [-0.3, -0.25) is 4.79 Å². The number of ketones is 1. The zero-order valence-electron chi connectivity index (χ0n) is 12.0. The van der Waals surface area contributed by atoms with Gasteiger partial charge in [0.05, 0.1) is 7.11 Å². The molecular weight excluding hydrogens is 352 g/mol. The van der Waals surface area contributed by atoms with E-state index in [-0.39, 0.29) is 5.78 Å². The second-order valence-corrected chi connectivity index (χ2v) is 6.10. The van der Waals surface area contributed by atoms with Crippen LogP contribution < -0.4 is 4.74 Å². The SMILES string of the molecule is COc1ccc(Br)cc1CCc1c(Cl)cccc1C(C)=O. The Morgan fingerprint density at radius 2 is 2.00 bits per heavy atom. The van der Waals surface area contributed by atoms with E-state index in [2.05, 4.69) is 15.9 Å². The highest BCUT2D eigenvalue weighted by molar-refractivity contribution is 9.10. The standard InChI is InChI=1S/C17H16BrClO2/c1-11(20)14-4-3-5-16(19)15(14)8-6-12-10-13(18)7-9-17(12)21-2/h3-5,7,9-10H,6,8H2,1-2H3. The third-order valence-corrected chi connectivity index (χ3v) is 4.23. The Morgan fingerprint density at radius 3 is 2.67 bits per heavy atom. The first-order valence-electron chi connectivity index (χ1n) is 6.63. The Hall–Kier alpha value is -1.32. The number of ether oxygens (including phenoxy) is 1. The average molecular weight is 368 g/mol. The topological polar surface area (TPSA) is 26.3 Å². The van der Waals surface area contributed by atoms with Gasteiger partial charge in [0.1, 0.15) is 5.75 Å². The molecule has 0 aliphatic heterocycles. The highest BCUT2D eigenvalue weighted by Crippen LogP contribution is 2.27. The van der Waals surface area contributed by atoms with Crippen molar-refractivity contribution in [1.82, 2.24) is 0 Å². The molecule has 4 heteroatoms. The van der Waals surface area contributed by atoms with Crippen LogP contribution in [0.5, 0.6) is 5.75 Å². The lowest BCUT2D eigenvalue weighted by Crippen LogP contribution is -2.03. The van der Waals surface area contributed by atoms with Crippen molar-refractivity contribution in [3.05, 3.63) is 62.6 Å². The van der Waals surface area contributed by atoms with Gasteiger partial charge < -0.3 is 4.74 Å². The fourth-order valence-electron chi connectivity index (χ4n) is 2.34. The predicted molar refractivity (Wildman–Crippen MR) is 89.6 cm³/mol. The molecular formula is C17H16BrClO2. The first kappa shape index (κ1) is 16.1. The van der Waals surface area contributed by atoms with Crippen LogP contribution >= 0.6 is 27.5 Å². The largest absolute Gasteiger partial charge is 0.496 e. The van der Waals surface area contributed by atoms with Gasteiger partial charge in [-0.25, -0.2) is 0 Å². The summed E-state index contributed by atoms with van der Waals surface area (Å²) in [6.07, 6.45) is 1.45. The van der Waals surface area contributed by atoms with Gasteiger partial charge in [-0.2, -0.15) is 0 Å². The van der Waals surface area contributed by atoms with Crippen molar-refractivity contribution in [1.29, 1.82) is 0 Å². The van der Waals surface area contributed by atoms with Crippen LogP contribution in [-0.4, -0.2) is 12.9 Å². The third kappa shape index (κ3) is 3.86. The molecule has 2 nitrogen and oxygen atoms in total. The molecule has 110 valence electrons. The summed E-state index contributed by atoms with van der Waals surface area (Å²) in [6, 6.07) is 11.4. The molecule has 0 heterocycles. The van der Waals surface area contributed by atoms with Crippen molar-refractivity contribution < 1.29 is 9.53 Å². The molecule has 0 aromatic heterocycles. The smallest absolute Gasteiger partial charge is 0.160 e. The van der Waals surface area contributed by atoms with Crippen LogP contribution in [0.3, 0.4) is 0 Å². The normalized spacial score (nSPS) is 10.5. The summed E-state index contributed by atoms with van der Waals surface area (Å²) in [6.45, 7) is 1.56. The molecule has 0 N–H and O–H groups in total. The van der Waals surface area contributed by atoms with Gasteiger partial charge in [0, 0.05) is 15.1 Å². The minimum Gasteiger partial charge on any atom is -0.496 e. The summed E-state index contributed by atoms with van der Waals surface area (Å²) >= 11 is 9.72. The van der Waals surface area contributed by atoms with Crippen LogP contribution in [0.2, 0.25) is 5.02 Å². The van der Waals surface area contributed by atoms with E-state index in [9.17, 15) is 4.79 Å². The van der Waals surface area contributed by atoms with Crippen molar-refractivity contribution >= 4 is 33.3 Å². The molecule has 0 aliphatic carbocycles. The number of carbonyl (C=O) groups excluding carboxylic acids is 1. The summed E-state index contributed by atoms with van der Waals surface area (Å²) in [5.74, 6) is 0.878. The van der Waals surface area contributed by atoms with Gasteiger partial charge in [0.15, 0.2) is 5.78 Å². The van der Waals surface area contributed by atoms with E-state index >= 15 is 0 Å². The number of rotatable bonds is 5. The molecule has 0 bridgehead atoms. The Balaban J connectivity index is 2.28. The van der Waals surface area contributed by atoms with Crippen molar-refractivity contribution in [2.45, 2.75) is 19.8 Å². The molecule has 0 saturated heterocycles. The minimum atomic E-state index is 0.0358. The first-order valence-corrected chi connectivity index (χ1v) is 7.80. The maximum absolute atomic E-state index is 11.7. The molecule has 2 aromatic carbocycles. The highest BCUT2D eigenvalue weighted by Gasteiger charge is 2.12. The fourth-order valence-corrected chi connectivity index (χ4v) is 3.02. The molecule has 0 aliphatic rings. The van der Waals surface area contributed by atoms with E-state index in [4.69, 9.17) is 16.3 Å². The van der Waals surface area contributed by atoms with Gasteiger partial charge in [0.2, 0.25) is 0 Å². The lowest BCUT2D eigenvalue weighted by atomic mass is 9.97. The highest BCUT2D eigenvalue weighted by atomic mass is 79.9. The average Bonchev–Trinajstić information content (AvgIpc) is 2.45. The van der Waals surface area contributed by atoms with Crippen LogP contribution in [-0.2, 0) is 12.8 Å². The molecule has 2 rings (SSSR count). The molecule has 0 spiro atoms. The second-order valence-electron chi connectivity index (χ2n) is 4.78. The number of hydrogen-bond donors (Lipinski definition) is 0. The maximum Gasteiger partial charge on any atom is 0.160 e. The minimum absolute atomic E-state index is 0.0358. The number of methoxy groups -OCH3 is 1. The van der Waals surface area contributed by atoms with E-state index < -0.39 is 0 Å². The van der Waals surface area contributed by atoms with E-state index in [1.165, 1.54) is 0 Å². The van der Waals surface area contributed by atoms with E-state index in [0.29, 0.717) is 17.0 Å². The zero-order valence-corrected chi connectivity index (χ0v) is 14.3. The molecule has 0 radical (unpaired) electrons. The van der Waals surface area contributed by atoms with E-state index in [1.54, 1.807) is 14.0 Å². The summed E-state index contributed by atoms with van der Waals surface area (Å²) in [5.41, 5.74) is 2.67. The Kier molecular flexibility index (Phi) is 5.43. The lowest BCUT2D eigenvalue weighted by molar-refractivity contribution is 0.101. The fraction of sp³-hybridized carbons (Fsp3) is 0.235. The van der Waals surface area contributed by atoms with Gasteiger partial charge in [-0.05, 0) is 55.2 Å². The van der Waals surface area contributed by atoms with Crippen LogP contribution in [0.4, 0.5) is 0 Å². The van der Waals surface area contributed by atoms with Crippen LogP contribution in [0.1, 0.15) is 28.4 Å². The van der Waals surface area contributed by atoms with Crippen LogP contribution in [0, 0.1) is 0 Å². The van der Waals surface area contributed by atoms with Crippen molar-refractivity contribution in [2.75, 3.05) is 7.11 Å². The second kappa shape index (κ2) is 7.10. The van der Waals surface area contributed by atoms with Crippen molar-refractivity contribution in [3.8, 4) is 5.75 Å². The van der Waals surface area contributed by atoms with Gasteiger partial charge >= 0.3 is 0 Å². The van der Waals surface area contributed by atoms with Crippen molar-refractivity contribution in [3.63, 3.8) is 0 Å². The predicted octanol–water partition coefficient (Wildman–Crippen LogP) is 5.10. The number of hydrogen-bond acceptors (Lipinski definition) is 2. The Bertz CT molecular complexity index is 668. The lowest BCUT2D eigenvalue weighted by Gasteiger charge is -2.12. The van der Waals surface area contributed by atoms with E-state index in [1.807, 2.05) is 36.4 Å². The van der Waals surface area contributed by atoms with Crippen LogP contribution in [0.25, 0.3) is 0 Å². The quantitative estimate of drug-likeness (QED) is 0.687. The number of halogens is 2. The zero-order chi connectivity index (χ0) is 15.4.